The quantitative estimate of drug-likeness (QED) is 0.694. The summed E-state index contributed by atoms with van der Waals surface area (Å²) >= 11 is 0. The van der Waals surface area contributed by atoms with E-state index in [1.54, 1.807) is 19.1 Å². The van der Waals surface area contributed by atoms with Gasteiger partial charge in [-0.3, -0.25) is 14.9 Å². The summed E-state index contributed by atoms with van der Waals surface area (Å²) in [5.74, 6) is -0.703. The molecule has 0 aliphatic carbocycles. The SMILES string of the molecule is Cc1cc(F)ccc1C(=O)NCc1ccc([N+](=O)[O-])cc1. The number of halogens is 1. The van der Waals surface area contributed by atoms with E-state index < -0.39 is 4.92 Å². The highest BCUT2D eigenvalue weighted by molar-refractivity contribution is 5.95. The number of hydrogen-bond acceptors (Lipinski definition) is 3. The molecule has 0 saturated carbocycles. The minimum atomic E-state index is -0.482. The molecule has 0 heterocycles. The van der Waals surface area contributed by atoms with Gasteiger partial charge in [0.15, 0.2) is 0 Å². The van der Waals surface area contributed by atoms with E-state index in [1.807, 2.05) is 0 Å². The Morgan fingerprint density at radius 3 is 2.48 bits per heavy atom. The summed E-state index contributed by atoms with van der Waals surface area (Å²) in [6.45, 7) is 1.90. The zero-order valence-electron chi connectivity index (χ0n) is 11.3. The number of nitrogens with one attached hydrogen (secondary N) is 1. The van der Waals surface area contributed by atoms with Crippen LogP contribution in [0.25, 0.3) is 0 Å². The minimum absolute atomic E-state index is 0.000504. The molecule has 0 aliphatic rings. The highest BCUT2D eigenvalue weighted by Gasteiger charge is 2.10. The molecule has 1 amide bonds. The van der Waals surface area contributed by atoms with Gasteiger partial charge in [-0.15, -0.1) is 0 Å². The van der Waals surface area contributed by atoms with Crippen molar-refractivity contribution in [3.8, 4) is 0 Å². The van der Waals surface area contributed by atoms with E-state index >= 15 is 0 Å². The van der Waals surface area contributed by atoms with Gasteiger partial charge in [-0.05, 0) is 36.2 Å². The molecule has 2 aromatic rings. The molecule has 0 aliphatic heterocycles. The average molecular weight is 288 g/mol. The van der Waals surface area contributed by atoms with Gasteiger partial charge >= 0.3 is 0 Å². The molecular formula is C15H13FN2O3. The monoisotopic (exact) mass is 288 g/mol. The van der Waals surface area contributed by atoms with E-state index in [4.69, 9.17) is 0 Å². The molecule has 2 aromatic carbocycles. The zero-order valence-corrected chi connectivity index (χ0v) is 11.3. The molecule has 1 N–H and O–H groups in total. The molecule has 0 aromatic heterocycles. The van der Waals surface area contributed by atoms with Crippen LogP contribution in [0.15, 0.2) is 42.5 Å². The van der Waals surface area contributed by atoms with Gasteiger partial charge in [0.05, 0.1) is 4.92 Å². The zero-order chi connectivity index (χ0) is 15.4. The normalized spacial score (nSPS) is 10.2. The lowest BCUT2D eigenvalue weighted by Gasteiger charge is -2.08. The van der Waals surface area contributed by atoms with Crippen LogP contribution < -0.4 is 5.32 Å². The van der Waals surface area contributed by atoms with Crippen LogP contribution in [-0.2, 0) is 6.54 Å². The number of benzene rings is 2. The Kier molecular flexibility index (Phi) is 4.27. The molecule has 0 atom stereocenters. The highest BCUT2D eigenvalue weighted by Crippen LogP contribution is 2.13. The van der Waals surface area contributed by atoms with Crippen LogP contribution in [0.2, 0.25) is 0 Å². The Morgan fingerprint density at radius 1 is 1.24 bits per heavy atom. The Morgan fingerprint density at radius 2 is 1.90 bits per heavy atom. The van der Waals surface area contributed by atoms with Crippen LogP contribution in [0.1, 0.15) is 21.5 Å². The predicted molar refractivity (Wildman–Crippen MR) is 75.4 cm³/mol. The van der Waals surface area contributed by atoms with E-state index in [2.05, 4.69) is 5.32 Å². The number of nitro benzene ring substituents is 1. The number of nitrogens with zero attached hydrogens (tertiary/aromatic N) is 1. The molecule has 0 radical (unpaired) electrons. The summed E-state index contributed by atoms with van der Waals surface area (Å²) in [5, 5.41) is 13.2. The van der Waals surface area contributed by atoms with Crippen molar-refractivity contribution in [1.82, 2.24) is 5.32 Å². The van der Waals surface area contributed by atoms with Gasteiger partial charge in [-0.25, -0.2) is 4.39 Å². The van der Waals surface area contributed by atoms with Crippen molar-refractivity contribution in [2.75, 3.05) is 0 Å². The minimum Gasteiger partial charge on any atom is -0.348 e. The van der Waals surface area contributed by atoms with E-state index in [1.165, 1.54) is 30.3 Å². The number of carbonyl (C=O) groups is 1. The molecular weight excluding hydrogens is 275 g/mol. The molecule has 108 valence electrons. The summed E-state index contributed by atoms with van der Waals surface area (Å²) in [6.07, 6.45) is 0. The smallest absolute Gasteiger partial charge is 0.269 e. The molecule has 0 saturated heterocycles. The fraction of sp³-hybridized carbons (Fsp3) is 0.133. The summed E-state index contributed by atoms with van der Waals surface area (Å²) < 4.78 is 13.0. The molecule has 21 heavy (non-hydrogen) atoms. The molecule has 0 fully saturated rings. The number of rotatable bonds is 4. The lowest BCUT2D eigenvalue weighted by molar-refractivity contribution is -0.384. The van der Waals surface area contributed by atoms with E-state index in [0.29, 0.717) is 11.1 Å². The standard InChI is InChI=1S/C15H13FN2O3/c1-10-8-12(16)4-7-14(10)15(19)17-9-11-2-5-13(6-3-11)18(20)21/h2-8H,9H2,1H3,(H,17,19). The van der Waals surface area contributed by atoms with Crippen molar-refractivity contribution >= 4 is 11.6 Å². The Balaban J connectivity index is 2.02. The van der Waals surface area contributed by atoms with Crippen LogP contribution >= 0.6 is 0 Å². The first-order chi connectivity index (χ1) is 9.97. The number of aryl methyl sites for hydroxylation is 1. The summed E-state index contributed by atoms with van der Waals surface area (Å²) in [6, 6.07) is 9.87. The van der Waals surface area contributed by atoms with Crippen molar-refractivity contribution in [3.05, 3.63) is 75.1 Å². The first-order valence-corrected chi connectivity index (χ1v) is 6.25. The predicted octanol–water partition coefficient (Wildman–Crippen LogP) is 2.97. The summed E-state index contributed by atoms with van der Waals surface area (Å²) in [5.41, 5.74) is 1.70. The van der Waals surface area contributed by atoms with Crippen molar-refractivity contribution in [2.45, 2.75) is 13.5 Å². The van der Waals surface area contributed by atoms with Gasteiger partial charge in [0.25, 0.3) is 11.6 Å². The van der Waals surface area contributed by atoms with Crippen LogP contribution in [-0.4, -0.2) is 10.8 Å². The fourth-order valence-electron chi connectivity index (χ4n) is 1.89. The van der Waals surface area contributed by atoms with Gasteiger partial charge in [0.2, 0.25) is 0 Å². The highest BCUT2D eigenvalue weighted by atomic mass is 19.1. The molecule has 2 rings (SSSR count). The average Bonchev–Trinajstić information content (AvgIpc) is 2.45. The molecule has 0 spiro atoms. The lowest BCUT2D eigenvalue weighted by atomic mass is 10.1. The fourth-order valence-corrected chi connectivity index (χ4v) is 1.89. The van der Waals surface area contributed by atoms with Gasteiger partial charge in [-0.2, -0.15) is 0 Å². The third-order valence-corrected chi connectivity index (χ3v) is 3.03. The maximum Gasteiger partial charge on any atom is 0.269 e. The first kappa shape index (κ1) is 14.6. The number of carbonyl (C=O) groups excluding carboxylic acids is 1. The van der Waals surface area contributed by atoms with Crippen LogP contribution in [0.4, 0.5) is 10.1 Å². The summed E-state index contributed by atoms with van der Waals surface area (Å²) in [4.78, 5) is 22.0. The van der Waals surface area contributed by atoms with Crippen molar-refractivity contribution in [1.29, 1.82) is 0 Å². The van der Waals surface area contributed by atoms with E-state index in [9.17, 15) is 19.3 Å². The van der Waals surface area contributed by atoms with Gasteiger partial charge < -0.3 is 5.32 Å². The van der Waals surface area contributed by atoms with Gasteiger partial charge in [0, 0.05) is 24.2 Å². The molecule has 5 nitrogen and oxygen atoms in total. The van der Waals surface area contributed by atoms with Gasteiger partial charge in [0.1, 0.15) is 5.82 Å². The number of hydrogen-bond donors (Lipinski definition) is 1. The maximum atomic E-state index is 13.0. The lowest BCUT2D eigenvalue weighted by Crippen LogP contribution is -2.23. The third-order valence-electron chi connectivity index (χ3n) is 3.03. The van der Waals surface area contributed by atoms with E-state index in [0.717, 1.165) is 5.56 Å². The second kappa shape index (κ2) is 6.13. The molecule has 0 unspecified atom stereocenters. The Labute approximate surface area is 120 Å². The number of nitro groups is 1. The Hall–Kier alpha value is -2.76. The van der Waals surface area contributed by atoms with E-state index in [-0.39, 0.29) is 24.0 Å². The van der Waals surface area contributed by atoms with Crippen LogP contribution in [0.5, 0.6) is 0 Å². The molecule has 0 bridgehead atoms. The maximum absolute atomic E-state index is 13.0. The largest absolute Gasteiger partial charge is 0.348 e. The van der Waals surface area contributed by atoms with Crippen molar-refractivity contribution < 1.29 is 14.1 Å². The molecule has 6 heteroatoms. The van der Waals surface area contributed by atoms with Crippen molar-refractivity contribution in [2.24, 2.45) is 0 Å². The number of non-ortho nitro benzene ring substituents is 1. The first-order valence-electron chi connectivity index (χ1n) is 6.25. The van der Waals surface area contributed by atoms with Gasteiger partial charge in [-0.1, -0.05) is 12.1 Å². The van der Waals surface area contributed by atoms with Crippen LogP contribution in [0, 0.1) is 22.9 Å². The third kappa shape index (κ3) is 3.62. The topological polar surface area (TPSA) is 72.2 Å². The second-order valence-electron chi connectivity index (χ2n) is 4.57. The summed E-state index contributed by atoms with van der Waals surface area (Å²) in [7, 11) is 0. The second-order valence-corrected chi connectivity index (χ2v) is 4.57. The van der Waals surface area contributed by atoms with Crippen LogP contribution in [0.3, 0.4) is 0 Å². The van der Waals surface area contributed by atoms with Crippen molar-refractivity contribution in [3.63, 3.8) is 0 Å². The number of amides is 1. The Bertz CT molecular complexity index is 684.